The monoisotopic (exact) mass is 169 g/mol. The summed E-state index contributed by atoms with van der Waals surface area (Å²) in [6.45, 7) is 5.67. The molecule has 11 heavy (non-hydrogen) atoms. The molecule has 0 aliphatic carbocycles. The zero-order chi connectivity index (χ0) is 8.27. The summed E-state index contributed by atoms with van der Waals surface area (Å²) in [6, 6.07) is 0.190. The number of rotatable bonds is 3. The lowest BCUT2D eigenvalue weighted by atomic mass is 10.2. The van der Waals surface area contributed by atoms with Crippen molar-refractivity contribution in [2.24, 2.45) is 0 Å². The smallest absolute Gasteiger partial charge is 0.0776 e. The van der Waals surface area contributed by atoms with Gasteiger partial charge in [0.15, 0.2) is 0 Å². The van der Waals surface area contributed by atoms with Gasteiger partial charge in [0.1, 0.15) is 0 Å². The van der Waals surface area contributed by atoms with Crippen molar-refractivity contribution in [3.63, 3.8) is 0 Å². The quantitative estimate of drug-likeness (QED) is 0.693. The maximum Gasteiger partial charge on any atom is 0.0776 e. The molecule has 0 amide bonds. The van der Waals surface area contributed by atoms with Gasteiger partial charge in [-0.3, -0.25) is 0 Å². The molecule has 1 rings (SSSR count). The second kappa shape index (κ2) is 3.59. The van der Waals surface area contributed by atoms with E-state index in [2.05, 4.69) is 21.5 Å². The SMILES string of the molecule is C=CC(NC)c1snnc1C. The van der Waals surface area contributed by atoms with Gasteiger partial charge in [-0.1, -0.05) is 10.6 Å². The summed E-state index contributed by atoms with van der Waals surface area (Å²) in [7, 11) is 1.89. The molecular formula is C7H11N3S. The Morgan fingerprint density at radius 2 is 2.45 bits per heavy atom. The van der Waals surface area contributed by atoms with Crippen molar-refractivity contribution in [2.75, 3.05) is 7.05 Å². The number of likely N-dealkylation sites (N-methyl/N-ethyl adjacent to an activating group) is 1. The Labute approximate surface area is 70.3 Å². The minimum atomic E-state index is 0.190. The van der Waals surface area contributed by atoms with Gasteiger partial charge >= 0.3 is 0 Å². The highest BCUT2D eigenvalue weighted by Gasteiger charge is 2.10. The van der Waals surface area contributed by atoms with Gasteiger partial charge in [-0.05, 0) is 25.5 Å². The van der Waals surface area contributed by atoms with Crippen LogP contribution in [0.15, 0.2) is 12.7 Å². The lowest BCUT2D eigenvalue weighted by Crippen LogP contribution is -2.12. The van der Waals surface area contributed by atoms with Crippen LogP contribution < -0.4 is 5.32 Å². The summed E-state index contributed by atoms with van der Waals surface area (Å²) in [5, 5.41) is 7.02. The van der Waals surface area contributed by atoms with Crippen molar-refractivity contribution in [1.82, 2.24) is 14.9 Å². The lowest BCUT2D eigenvalue weighted by Gasteiger charge is -2.07. The van der Waals surface area contributed by atoms with Crippen LogP contribution in [0.4, 0.5) is 0 Å². The third kappa shape index (κ3) is 1.64. The molecule has 0 saturated carbocycles. The summed E-state index contributed by atoms with van der Waals surface area (Å²) < 4.78 is 3.84. The van der Waals surface area contributed by atoms with Gasteiger partial charge in [0, 0.05) is 0 Å². The maximum atomic E-state index is 3.91. The molecule has 1 aromatic rings. The fourth-order valence-electron chi connectivity index (χ4n) is 0.879. The number of nitrogens with zero attached hydrogens (tertiary/aromatic N) is 2. The molecule has 1 N–H and O–H groups in total. The normalized spacial score (nSPS) is 12.9. The Hall–Kier alpha value is -0.740. The van der Waals surface area contributed by atoms with E-state index in [4.69, 9.17) is 0 Å². The summed E-state index contributed by atoms with van der Waals surface area (Å²) in [5.74, 6) is 0. The molecule has 1 heterocycles. The second-order valence-electron chi connectivity index (χ2n) is 2.22. The van der Waals surface area contributed by atoms with E-state index < -0.39 is 0 Å². The fourth-order valence-corrected chi connectivity index (χ4v) is 1.63. The molecule has 4 heteroatoms. The van der Waals surface area contributed by atoms with Gasteiger partial charge in [0.05, 0.1) is 16.6 Å². The number of nitrogens with one attached hydrogen (secondary N) is 1. The van der Waals surface area contributed by atoms with Gasteiger partial charge in [0.2, 0.25) is 0 Å². The molecule has 0 radical (unpaired) electrons. The first-order valence-corrected chi connectivity index (χ1v) is 4.15. The molecule has 0 aromatic carbocycles. The highest BCUT2D eigenvalue weighted by Crippen LogP contribution is 2.19. The zero-order valence-electron chi connectivity index (χ0n) is 6.66. The molecule has 0 saturated heterocycles. The van der Waals surface area contributed by atoms with Gasteiger partial charge in [-0.25, -0.2) is 0 Å². The van der Waals surface area contributed by atoms with Crippen LogP contribution >= 0.6 is 11.5 Å². The minimum Gasteiger partial charge on any atom is -0.309 e. The molecule has 3 nitrogen and oxygen atoms in total. The van der Waals surface area contributed by atoms with Crippen LogP contribution in [0.1, 0.15) is 16.6 Å². The van der Waals surface area contributed by atoms with E-state index in [0.717, 1.165) is 10.6 Å². The van der Waals surface area contributed by atoms with Crippen LogP contribution in [0.2, 0.25) is 0 Å². The van der Waals surface area contributed by atoms with Crippen LogP contribution in [0.3, 0.4) is 0 Å². The Bertz CT molecular complexity index is 244. The number of hydrogen-bond acceptors (Lipinski definition) is 4. The molecule has 1 aromatic heterocycles. The molecule has 0 bridgehead atoms. The van der Waals surface area contributed by atoms with E-state index in [-0.39, 0.29) is 6.04 Å². The van der Waals surface area contributed by atoms with Crippen LogP contribution in [-0.2, 0) is 0 Å². The van der Waals surface area contributed by atoms with E-state index in [0.29, 0.717) is 0 Å². The van der Waals surface area contributed by atoms with Crippen molar-refractivity contribution >= 4 is 11.5 Å². The average Bonchev–Trinajstić information content (AvgIpc) is 2.40. The summed E-state index contributed by atoms with van der Waals surface area (Å²) in [5.41, 5.74) is 0.981. The minimum absolute atomic E-state index is 0.190. The standard InChI is InChI=1S/C7H11N3S/c1-4-6(8-3)7-5(2)9-10-11-7/h4,6,8H,1H2,2-3H3. The van der Waals surface area contributed by atoms with Crippen molar-refractivity contribution in [3.05, 3.63) is 23.2 Å². The molecule has 60 valence electrons. The maximum absolute atomic E-state index is 3.91. The molecular weight excluding hydrogens is 158 g/mol. The predicted octanol–water partition coefficient (Wildman–Crippen LogP) is 1.29. The Balaban J connectivity index is 2.89. The van der Waals surface area contributed by atoms with Crippen molar-refractivity contribution in [1.29, 1.82) is 0 Å². The highest BCUT2D eigenvalue weighted by molar-refractivity contribution is 7.05. The third-order valence-corrected chi connectivity index (χ3v) is 2.43. The molecule has 0 fully saturated rings. The summed E-state index contributed by atoms with van der Waals surface area (Å²) >= 11 is 1.41. The molecule has 0 aliphatic rings. The van der Waals surface area contributed by atoms with Crippen molar-refractivity contribution in [2.45, 2.75) is 13.0 Å². The van der Waals surface area contributed by atoms with Crippen LogP contribution in [0.25, 0.3) is 0 Å². The van der Waals surface area contributed by atoms with E-state index in [1.807, 2.05) is 20.0 Å². The first-order valence-electron chi connectivity index (χ1n) is 3.38. The summed E-state index contributed by atoms with van der Waals surface area (Å²) in [4.78, 5) is 1.14. The largest absolute Gasteiger partial charge is 0.309 e. The van der Waals surface area contributed by atoms with Gasteiger partial charge in [0.25, 0.3) is 0 Å². The Morgan fingerprint density at radius 1 is 1.73 bits per heavy atom. The summed E-state index contributed by atoms with van der Waals surface area (Å²) in [6.07, 6.45) is 1.85. The predicted molar refractivity (Wildman–Crippen MR) is 46.6 cm³/mol. The zero-order valence-corrected chi connectivity index (χ0v) is 7.48. The van der Waals surface area contributed by atoms with Crippen molar-refractivity contribution in [3.8, 4) is 0 Å². The van der Waals surface area contributed by atoms with Crippen molar-refractivity contribution < 1.29 is 0 Å². The first-order chi connectivity index (χ1) is 5.29. The van der Waals surface area contributed by atoms with Crippen LogP contribution in [0.5, 0.6) is 0 Å². The molecule has 0 aliphatic heterocycles. The van der Waals surface area contributed by atoms with Crippen LogP contribution in [0, 0.1) is 6.92 Å². The molecule has 0 spiro atoms. The lowest BCUT2D eigenvalue weighted by molar-refractivity contribution is 0.722. The van der Waals surface area contributed by atoms with Gasteiger partial charge < -0.3 is 5.32 Å². The number of aryl methyl sites for hydroxylation is 1. The van der Waals surface area contributed by atoms with Gasteiger partial charge in [-0.2, -0.15) is 0 Å². The highest BCUT2D eigenvalue weighted by atomic mass is 32.1. The van der Waals surface area contributed by atoms with Crippen LogP contribution in [-0.4, -0.2) is 16.6 Å². The van der Waals surface area contributed by atoms with E-state index in [1.165, 1.54) is 11.5 Å². The third-order valence-electron chi connectivity index (χ3n) is 1.52. The molecule has 1 unspecified atom stereocenters. The van der Waals surface area contributed by atoms with Gasteiger partial charge in [-0.15, -0.1) is 11.7 Å². The average molecular weight is 169 g/mol. The van der Waals surface area contributed by atoms with E-state index in [9.17, 15) is 0 Å². The Kier molecular flexibility index (Phi) is 2.73. The van der Waals surface area contributed by atoms with E-state index >= 15 is 0 Å². The number of hydrogen-bond donors (Lipinski definition) is 1. The van der Waals surface area contributed by atoms with E-state index in [1.54, 1.807) is 0 Å². The molecule has 1 atom stereocenters. The topological polar surface area (TPSA) is 37.8 Å². The number of aromatic nitrogens is 2. The Morgan fingerprint density at radius 3 is 2.82 bits per heavy atom. The second-order valence-corrected chi connectivity index (χ2v) is 3.01. The fraction of sp³-hybridized carbons (Fsp3) is 0.429. The first kappa shape index (κ1) is 8.36.